The van der Waals surface area contributed by atoms with Crippen LogP contribution in [0.4, 0.5) is 0 Å². The van der Waals surface area contributed by atoms with Gasteiger partial charge in [-0.15, -0.1) is 0 Å². The third-order valence-electron chi connectivity index (χ3n) is 4.20. The zero-order valence-electron chi connectivity index (χ0n) is 13.1. The summed E-state index contributed by atoms with van der Waals surface area (Å²) >= 11 is 0. The summed E-state index contributed by atoms with van der Waals surface area (Å²) in [6.45, 7) is 3.25. The van der Waals surface area contributed by atoms with Crippen molar-refractivity contribution < 1.29 is 36.3 Å². The average Bonchev–Trinajstić information content (AvgIpc) is 2.83. The van der Waals surface area contributed by atoms with E-state index < -0.39 is 33.6 Å². The first-order valence-electron chi connectivity index (χ1n) is 6.67. The van der Waals surface area contributed by atoms with Gasteiger partial charge in [0, 0.05) is 13.0 Å². The van der Waals surface area contributed by atoms with Crippen molar-refractivity contribution in [3.8, 4) is 0 Å². The zero-order chi connectivity index (χ0) is 16.8. The maximum atomic E-state index is 11.7. The highest BCUT2D eigenvalue weighted by Gasteiger charge is 2.66. The van der Waals surface area contributed by atoms with Gasteiger partial charge in [0.05, 0.1) is 32.0 Å². The molecular formula is C13H20O8S. The summed E-state index contributed by atoms with van der Waals surface area (Å²) in [7, 11) is -0.829. The molecule has 0 N–H and O–H groups in total. The Hall–Kier alpha value is -1.16. The number of methoxy groups -OCH3 is 2. The van der Waals surface area contributed by atoms with E-state index in [1.807, 2.05) is 0 Å². The number of esters is 1. The fourth-order valence-corrected chi connectivity index (χ4v) is 3.20. The van der Waals surface area contributed by atoms with Crippen molar-refractivity contribution in [3.63, 3.8) is 0 Å². The number of hydrogen-bond donors (Lipinski definition) is 0. The molecule has 0 amide bonds. The Bertz CT molecular complexity index is 597. The summed E-state index contributed by atoms with van der Waals surface area (Å²) in [5.74, 6) is -4.07. The van der Waals surface area contributed by atoms with Crippen LogP contribution in [0.3, 0.4) is 0 Å². The number of ether oxygens (including phenoxy) is 4. The van der Waals surface area contributed by atoms with Crippen molar-refractivity contribution in [2.75, 3.05) is 27.1 Å². The Balaban J connectivity index is 2.41. The summed E-state index contributed by atoms with van der Waals surface area (Å²) in [5, 5.41) is 0. The molecule has 0 aromatic rings. The molecule has 1 fully saturated rings. The second kappa shape index (κ2) is 5.48. The Labute approximate surface area is 129 Å². The third-order valence-corrected chi connectivity index (χ3v) is 4.77. The Kier molecular flexibility index (Phi) is 4.29. The third kappa shape index (κ3) is 2.73. The molecule has 4 atom stereocenters. The van der Waals surface area contributed by atoms with Gasteiger partial charge in [-0.25, -0.2) is 4.79 Å². The van der Waals surface area contributed by atoms with Crippen LogP contribution < -0.4 is 0 Å². The highest BCUT2D eigenvalue weighted by molar-refractivity contribution is 7.85. The second-order valence-electron chi connectivity index (χ2n) is 5.51. The van der Waals surface area contributed by atoms with Crippen LogP contribution in [0.15, 0.2) is 11.8 Å². The topological polar surface area (TPSA) is 97.4 Å². The van der Waals surface area contributed by atoms with Crippen LogP contribution >= 0.6 is 0 Å². The number of carbonyl (C=O) groups is 1. The molecule has 0 aromatic carbocycles. The van der Waals surface area contributed by atoms with Crippen molar-refractivity contribution in [2.45, 2.75) is 25.4 Å². The SMILES string of the molecule is COC1=CC(=O)O[C@@]12O[C@@](C)(OC)[C@@H](C)[C@@H]2COS(C)(=O)=O. The molecule has 0 radical (unpaired) electrons. The van der Waals surface area contributed by atoms with Crippen molar-refractivity contribution in [3.05, 3.63) is 11.8 Å². The van der Waals surface area contributed by atoms with Crippen LogP contribution in [-0.4, -0.2) is 53.0 Å². The minimum atomic E-state index is -3.66. The Morgan fingerprint density at radius 2 is 2.00 bits per heavy atom. The Morgan fingerprint density at radius 3 is 2.50 bits per heavy atom. The molecule has 2 rings (SSSR count). The quantitative estimate of drug-likeness (QED) is 0.525. The first-order valence-corrected chi connectivity index (χ1v) is 8.48. The largest absolute Gasteiger partial charge is 0.494 e. The van der Waals surface area contributed by atoms with Gasteiger partial charge in [-0.2, -0.15) is 8.42 Å². The molecule has 0 unspecified atom stereocenters. The van der Waals surface area contributed by atoms with E-state index in [9.17, 15) is 13.2 Å². The molecule has 1 spiro atoms. The van der Waals surface area contributed by atoms with Crippen LogP contribution in [-0.2, 0) is 38.0 Å². The van der Waals surface area contributed by atoms with E-state index in [-0.39, 0.29) is 18.3 Å². The van der Waals surface area contributed by atoms with Gasteiger partial charge < -0.3 is 18.9 Å². The first kappa shape index (κ1) is 17.2. The van der Waals surface area contributed by atoms with Gasteiger partial charge in [-0.05, 0) is 6.92 Å². The standard InChI is InChI=1S/C13H20O8S/c1-8-9(7-19-22(5,15)16)13(21-12(8,2)18-4)10(17-3)6-11(14)20-13/h6,8-9H,7H2,1-5H3/t8-,9-,12+,13-/m0/s1. The minimum Gasteiger partial charge on any atom is -0.494 e. The predicted octanol–water partition coefficient (Wildman–Crippen LogP) is 0.391. The van der Waals surface area contributed by atoms with Crippen molar-refractivity contribution >= 4 is 16.1 Å². The highest BCUT2D eigenvalue weighted by Crippen LogP contribution is 2.53. The van der Waals surface area contributed by atoms with Crippen LogP contribution in [0.25, 0.3) is 0 Å². The fraction of sp³-hybridized carbons (Fsp3) is 0.769. The van der Waals surface area contributed by atoms with Crippen LogP contribution in [0.2, 0.25) is 0 Å². The highest BCUT2D eigenvalue weighted by atomic mass is 32.2. The average molecular weight is 336 g/mol. The van der Waals surface area contributed by atoms with E-state index in [0.29, 0.717) is 0 Å². The molecule has 0 bridgehead atoms. The van der Waals surface area contributed by atoms with Gasteiger partial charge in [-0.3, -0.25) is 4.18 Å². The van der Waals surface area contributed by atoms with Gasteiger partial charge in [0.2, 0.25) is 0 Å². The van der Waals surface area contributed by atoms with Gasteiger partial charge in [0.1, 0.15) is 0 Å². The maximum absolute atomic E-state index is 11.7. The zero-order valence-corrected chi connectivity index (χ0v) is 13.9. The minimum absolute atomic E-state index is 0.159. The lowest BCUT2D eigenvalue weighted by molar-refractivity contribution is -0.295. The number of rotatable bonds is 5. The van der Waals surface area contributed by atoms with Gasteiger partial charge >= 0.3 is 5.97 Å². The Morgan fingerprint density at radius 1 is 1.36 bits per heavy atom. The summed E-state index contributed by atoms with van der Waals surface area (Å²) in [6, 6.07) is 0. The van der Waals surface area contributed by atoms with Crippen molar-refractivity contribution in [1.29, 1.82) is 0 Å². The van der Waals surface area contributed by atoms with E-state index in [1.54, 1.807) is 13.8 Å². The molecule has 22 heavy (non-hydrogen) atoms. The fourth-order valence-electron chi connectivity index (χ4n) is 2.81. The van der Waals surface area contributed by atoms with Crippen LogP contribution in [0.5, 0.6) is 0 Å². The molecule has 2 aliphatic rings. The molecular weight excluding hydrogens is 316 g/mol. The summed E-state index contributed by atoms with van der Waals surface area (Å²) < 4.78 is 49.3. The van der Waals surface area contributed by atoms with E-state index in [2.05, 4.69) is 0 Å². The van der Waals surface area contributed by atoms with E-state index >= 15 is 0 Å². The van der Waals surface area contributed by atoms with Crippen LogP contribution in [0, 0.1) is 11.8 Å². The lowest BCUT2D eigenvalue weighted by Gasteiger charge is -2.31. The summed E-state index contributed by atoms with van der Waals surface area (Å²) in [5.41, 5.74) is 0. The van der Waals surface area contributed by atoms with E-state index in [4.69, 9.17) is 23.1 Å². The van der Waals surface area contributed by atoms with Crippen molar-refractivity contribution in [1.82, 2.24) is 0 Å². The molecule has 8 nitrogen and oxygen atoms in total. The number of carbonyl (C=O) groups excluding carboxylic acids is 1. The van der Waals surface area contributed by atoms with Gasteiger partial charge in [-0.1, -0.05) is 6.92 Å². The lowest BCUT2D eigenvalue weighted by Crippen LogP contribution is -2.43. The monoisotopic (exact) mass is 336 g/mol. The molecule has 2 heterocycles. The molecule has 0 saturated carbocycles. The molecule has 1 saturated heterocycles. The summed E-state index contributed by atoms with van der Waals surface area (Å²) in [4.78, 5) is 11.7. The first-order chi connectivity index (χ1) is 10.1. The van der Waals surface area contributed by atoms with Crippen molar-refractivity contribution in [2.24, 2.45) is 11.8 Å². The molecule has 9 heteroatoms. The predicted molar refractivity (Wildman–Crippen MR) is 73.9 cm³/mol. The molecule has 0 aromatic heterocycles. The lowest BCUT2D eigenvalue weighted by atomic mass is 9.85. The molecule has 2 aliphatic heterocycles. The van der Waals surface area contributed by atoms with Gasteiger partial charge in [0.15, 0.2) is 11.5 Å². The van der Waals surface area contributed by atoms with Crippen LogP contribution in [0.1, 0.15) is 13.8 Å². The molecule has 126 valence electrons. The van der Waals surface area contributed by atoms with E-state index in [0.717, 1.165) is 6.26 Å². The summed E-state index contributed by atoms with van der Waals surface area (Å²) in [6.07, 6.45) is 2.12. The van der Waals surface area contributed by atoms with Gasteiger partial charge in [0.25, 0.3) is 15.9 Å². The maximum Gasteiger partial charge on any atom is 0.337 e. The second-order valence-corrected chi connectivity index (χ2v) is 7.15. The normalized spacial score (nSPS) is 38.2. The smallest absolute Gasteiger partial charge is 0.337 e. The van der Waals surface area contributed by atoms with E-state index in [1.165, 1.54) is 20.3 Å². The molecule has 0 aliphatic carbocycles. The number of hydrogen-bond acceptors (Lipinski definition) is 8.